The molecule has 1 unspecified atom stereocenters. The molecule has 1 atom stereocenters. The van der Waals surface area contributed by atoms with Crippen molar-refractivity contribution in [2.24, 2.45) is 0 Å². The number of carbonyl (C=O) groups excluding carboxylic acids is 1. The van der Waals surface area contributed by atoms with Gasteiger partial charge in [0, 0.05) is 19.7 Å². The fraction of sp³-hybridized carbons (Fsp3) is 0.263. The summed E-state index contributed by atoms with van der Waals surface area (Å²) in [5.41, 5.74) is 0.670. The van der Waals surface area contributed by atoms with E-state index in [4.69, 9.17) is 0 Å². The van der Waals surface area contributed by atoms with Gasteiger partial charge in [-0.25, -0.2) is 23.4 Å². The number of nitrogens with one attached hydrogen (secondary N) is 2. The Hall–Kier alpha value is -2.89. The number of carbonyl (C=O) groups is 1. The smallest absolute Gasteiger partial charge is 0.254 e. The standard InChI is InChI=1S/C19H20N6O3S2/c1-13(26)22-19-21-12-18(29-19)30(27,28)25-11-5-7-15(25)14-6-4-9-17(23-14)24-16-8-2-3-10-20-16/h2-4,6,8-10,12,15H,5,7,11H2,1H3,(H,20,23,24)(H,21,22,26). The topological polar surface area (TPSA) is 117 Å². The lowest BCUT2D eigenvalue weighted by molar-refractivity contribution is -0.114. The van der Waals surface area contributed by atoms with E-state index in [-0.39, 0.29) is 21.3 Å². The summed E-state index contributed by atoms with van der Waals surface area (Å²) >= 11 is 0.943. The van der Waals surface area contributed by atoms with Gasteiger partial charge in [0.25, 0.3) is 10.0 Å². The molecule has 0 saturated carbocycles. The van der Waals surface area contributed by atoms with Crippen molar-refractivity contribution in [2.45, 2.75) is 30.0 Å². The highest BCUT2D eigenvalue weighted by Gasteiger charge is 2.38. The molecule has 1 aliphatic heterocycles. The van der Waals surface area contributed by atoms with Gasteiger partial charge in [-0.05, 0) is 37.1 Å². The zero-order valence-electron chi connectivity index (χ0n) is 16.1. The lowest BCUT2D eigenvalue weighted by Gasteiger charge is -2.23. The Morgan fingerprint density at radius 3 is 2.77 bits per heavy atom. The first-order valence-electron chi connectivity index (χ1n) is 9.34. The minimum atomic E-state index is -3.76. The molecule has 3 aromatic heterocycles. The number of sulfonamides is 1. The third kappa shape index (κ3) is 4.32. The minimum Gasteiger partial charge on any atom is -0.325 e. The highest BCUT2D eigenvalue weighted by Crippen LogP contribution is 2.38. The van der Waals surface area contributed by atoms with Crippen molar-refractivity contribution < 1.29 is 13.2 Å². The van der Waals surface area contributed by atoms with E-state index >= 15 is 0 Å². The van der Waals surface area contributed by atoms with Gasteiger partial charge in [0.1, 0.15) is 11.6 Å². The first kappa shape index (κ1) is 20.4. The molecule has 3 aromatic rings. The van der Waals surface area contributed by atoms with Crippen molar-refractivity contribution in [3.8, 4) is 0 Å². The van der Waals surface area contributed by atoms with Gasteiger partial charge in [-0.3, -0.25) is 4.79 Å². The number of aromatic nitrogens is 3. The predicted octanol–water partition coefficient (Wildman–Crippen LogP) is 3.16. The summed E-state index contributed by atoms with van der Waals surface area (Å²) in [5.74, 6) is 0.961. The molecular weight excluding hydrogens is 424 g/mol. The number of rotatable bonds is 6. The zero-order chi connectivity index (χ0) is 21.1. The molecule has 2 N–H and O–H groups in total. The summed E-state index contributed by atoms with van der Waals surface area (Å²) in [5, 5.41) is 5.92. The van der Waals surface area contributed by atoms with Gasteiger partial charge >= 0.3 is 0 Å². The van der Waals surface area contributed by atoms with Crippen molar-refractivity contribution in [3.05, 3.63) is 54.5 Å². The fourth-order valence-corrected chi connectivity index (χ4v) is 6.18. The normalized spacial score (nSPS) is 17.0. The number of thiazole rings is 1. The molecule has 0 spiro atoms. The summed E-state index contributed by atoms with van der Waals surface area (Å²) in [7, 11) is -3.76. The van der Waals surface area contributed by atoms with Crippen LogP contribution >= 0.6 is 11.3 Å². The molecule has 1 amide bonds. The van der Waals surface area contributed by atoms with E-state index in [1.807, 2.05) is 36.4 Å². The lowest BCUT2D eigenvalue weighted by Crippen LogP contribution is -2.30. The van der Waals surface area contributed by atoms with Crippen LogP contribution in [0.4, 0.5) is 16.8 Å². The Bertz CT molecular complexity index is 1150. The fourth-order valence-electron chi connectivity index (χ4n) is 3.30. The first-order chi connectivity index (χ1) is 14.4. The number of amides is 1. The highest BCUT2D eigenvalue weighted by molar-refractivity contribution is 7.91. The van der Waals surface area contributed by atoms with Crippen molar-refractivity contribution in [1.82, 2.24) is 19.3 Å². The number of hydrogen-bond donors (Lipinski definition) is 2. The van der Waals surface area contributed by atoms with Crippen LogP contribution in [0.5, 0.6) is 0 Å². The average Bonchev–Trinajstić information content (AvgIpc) is 3.39. The van der Waals surface area contributed by atoms with Crippen LogP contribution in [0.25, 0.3) is 0 Å². The molecule has 0 aromatic carbocycles. The minimum absolute atomic E-state index is 0.0981. The predicted molar refractivity (Wildman–Crippen MR) is 114 cm³/mol. The van der Waals surface area contributed by atoms with E-state index in [1.54, 1.807) is 6.20 Å². The maximum absolute atomic E-state index is 13.2. The molecule has 4 heterocycles. The summed E-state index contributed by atoms with van der Waals surface area (Å²) in [4.78, 5) is 24.1. The zero-order valence-corrected chi connectivity index (χ0v) is 17.8. The van der Waals surface area contributed by atoms with Crippen LogP contribution in [-0.2, 0) is 14.8 Å². The van der Waals surface area contributed by atoms with Gasteiger partial charge in [0.2, 0.25) is 5.91 Å². The molecule has 1 fully saturated rings. The molecule has 1 aliphatic rings. The first-order valence-corrected chi connectivity index (χ1v) is 11.6. The van der Waals surface area contributed by atoms with E-state index in [0.29, 0.717) is 30.3 Å². The molecule has 9 nitrogen and oxygen atoms in total. The Morgan fingerprint density at radius 2 is 2.00 bits per heavy atom. The van der Waals surface area contributed by atoms with E-state index in [0.717, 1.165) is 17.8 Å². The SMILES string of the molecule is CC(=O)Nc1ncc(S(=O)(=O)N2CCCC2c2cccc(Nc3ccccn3)n2)s1. The summed E-state index contributed by atoms with van der Waals surface area (Å²) in [6, 6.07) is 10.6. The summed E-state index contributed by atoms with van der Waals surface area (Å²) in [6.07, 6.45) is 4.38. The van der Waals surface area contributed by atoms with Crippen LogP contribution in [0.3, 0.4) is 0 Å². The van der Waals surface area contributed by atoms with Gasteiger partial charge in [0.15, 0.2) is 9.34 Å². The third-order valence-electron chi connectivity index (χ3n) is 4.57. The molecule has 156 valence electrons. The van der Waals surface area contributed by atoms with Gasteiger partial charge in [-0.2, -0.15) is 4.31 Å². The maximum atomic E-state index is 13.2. The average molecular weight is 445 g/mol. The number of nitrogens with zero attached hydrogens (tertiary/aromatic N) is 4. The Morgan fingerprint density at radius 1 is 1.17 bits per heavy atom. The van der Waals surface area contributed by atoms with Gasteiger partial charge in [-0.15, -0.1) is 0 Å². The Labute approximate surface area is 178 Å². The van der Waals surface area contributed by atoms with Gasteiger partial charge < -0.3 is 10.6 Å². The number of hydrogen-bond acceptors (Lipinski definition) is 8. The van der Waals surface area contributed by atoms with E-state index in [2.05, 4.69) is 25.6 Å². The number of pyridine rings is 2. The van der Waals surface area contributed by atoms with E-state index < -0.39 is 10.0 Å². The van der Waals surface area contributed by atoms with E-state index in [1.165, 1.54) is 17.4 Å². The van der Waals surface area contributed by atoms with Crippen LogP contribution in [0.2, 0.25) is 0 Å². The quantitative estimate of drug-likeness (QED) is 0.600. The second kappa shape index (κ2) is 8.46. The van der Waals surface area contributed by atoms with Crippen molar-refractivity contribution in [3.63, 3.8) is 0 Å². The maximum Gasteiger partial charge on any atom is 0.254 e. The van der Waals surface area contributed by atoms with Crippen LogP contribution < -0.4 is 10.6 Å². The molecule has 0 radical (unpaired) electrons. The van der Waals surface area contributed by atoms with Crippen molar-refractivity contribution in [1.29, 1.82) is 0 Å². The Kier molecular flexibility index (Phi) is 5.75. The second-order valence-electron chi connectivity index (χ2n) is 6.73. The third-order valence-corrected chi connectivity index (χ3v) is 7.82. The van der Waals surface area contributed by atoms with Gasteiger partial charge in [-0.1, -0.05) is 23.5 Å². The summed E-state index contributed by atoms with van der Waals surface area (Å²) in [6.45, 7) is 1.75. The van der Waals surface area contributed by atoms with Crippen LogP contribution in [0.15, 0.2) is 53.0 Å². The lowest BCUT2D eigenvalue weighted by atomic mass is 10.1. The largest absolute Gasteiger partial charge is 0.325 e. The van der Waals surface area contributed by atoms with Crippen LogP contribution in [0.1, 0.15) is 31.5 Å². The summed E-state index contributed by atoms with van der Waals surface area (Å²) < 4.78 is 28.0. The molecule has 0 bridgehead atoms. The highest BCUT2D eigenvalue weighted by atomic mass is 32.2. The van der Waals surface area contributed by atoms with Gasteiger partial charge in [0.05, 0.1) is 17.9 Å². The van der Waals surface area contributed by atoms with Crippen molar-refractivity contribution >= 4 is 44.0 Å². The molecule has 0 aliphatic carbocycles. The molecule has 1 saturated heterocycles. The van der Waals surface area contributed by atoms with Crippen molar-refractivity contribution in [2.75, 3.05) is 17.2 Å². The monoisotopic (exact) mass is 444 g/mol. The number of anilines is 3. The Balaban J connectivity index is 1.58. The molecular formula is C19H20N6O3S2. The van der Waals surface area contributed by atoms with Crippen LogP contribution in [-0.4, -0.2) is 40.1 Å². The van der Waals surface area contributed by atoms with Crippen LogP contribution in [0, 0.1) is 0 Å². The molecule has 30 heavy (non-hydrogen) atoms. The molecule has 11 heteroatoms. The molecule has 4 rings (SSSR count). The second-order valence-corrected chi connectivity index (χ2v) is 9.88. The van der Waals surface area contributed by atoms with E-state index in [9.17, 15) is 13.2 Å².